The van der Waals surface area contributed by atoms with E-state index in [1.165, 1.54) is 111 Å². The molecule has 0 radical (unpaired) electrons. The highest BCUT2D eigenvalue weighted by Crippen LogP contribution is 2.65. The standard InChI is InChI=1S/C75H54N2/c1-73(2)65-27-15-11-25-59(65)63-45-54(35-39-67(63)73)76(50-19-7-5-8-20-50)52-33-31-47-43-62-61-37-32-48-41-53(77(51-21-9-6-10-22-51)55-36-40-68-64(46-55)60-26-12-16-28-66(60)74(68,3)4)34-38-56(48)72(61)75(71(62)44-49(47)42-52)69-29-17-13-23-57(69)58-24-14-18-30-70(58)75/h5-46H,1-4H3. The van der Waals surface area contributed by atoms with Gasteiger partial charge in [0, 0.05) is 45.0 Å². The van der Waals surface area contributed by atoms with Crippen LogP contribution in [-0.4, -0.2) is 0 Å². The number of benzene rings is 12. The first kappa shape index (κ1) is 44.1. The fraction of sp³-hybridized carbons (Fsp3) is 0.0933. The van der Waals surface area contributed by atoms with E-state index in [0.717, 1.165) is 34.1 Å². The summed E-state index contributed by atoms with van der Waals surface area (Å²) in [5, 5.41) is 4.93. The molecular weight excluding hydrogens is 929 g/mol. The van der Waals surface area contributed by atoms with E-state index in [1.807, 2.05) is 0 Å². The summed E-state index contributed by atoms with van der Waals surface area (Å²) in [7, 11) is 0. The van der Waals surface area contributed by atoms with Crippen molar-refractivity contribution in [2.24, 2.45) is 0 Å². The monoisotopic (exact) mass is 982 g/mol. The first-order valence-corrected chi connectivity index (χ1v) is 27.2. The number of hydrogen-bond donors (Lipinski definition) is 0. The van der Waals surface area contributed by atoms with Crippen LogP contribution in [0, 0.1) is 0 Å². The molecular formula is C75H54N2. The maximum atomic E-state index is 2.54. The van der Waals surface area contributed by atoms with Gasteiger partial charge in [-0.05, 0) is 195 Å². The van der Waals surface area contributed by atoms with Gasteiger partial charge in [0.15, 0.2) is 0 Å². The van der Waals surface area contributed by atoms with Crippen molar-refractivity contribution >= 4 is 55.7 Å². The van der Waals surface area contributed by atoms with Gasteiger partial charge in [-0.1, -0.05) is 198 Å². The molecule has 0 saturated heterocycles. The second kappa shape index (κ2) is 15.9. The molecule has 0 atom stereocenters. The smallest absolute Gasteiger partial charge is 0.0731 e. The quantitative estimate of drug-likeness (QED) is 0.164. The van der Waals surface area contributed by atoms with Crippen molar-refractivity contribution in [3.8, 4) is 44.5 Å². The Balaban J connectivity index is 0.890. The number of hydrogen-bond acceptors (Lipinski definition) is 2. The normalized spacial score (nSPS) is 14.8. The predicted octanol–water partition coefficient (Wildman–Crippen LogP) is 19.9. The van der Waals surface area contributed by atoms with Crippen LogP contribution in [0.3, 0.4) is 0 Å². The summed E-state index contributed by atoms with van der Waals surface area (Å²) in [5.74, 6) is 0. The zero-order valence-electron chi connectivity index (χ0n) is 43.6. The summed E-state index contributed by atoms with van der Waals surface area (Å²) >= 11 is 0. The number of rotatable bonds is 6. The van der Waals surface area contributed by atoms with Crippen LogP contribution in [0.25, 0.3) is 66.1 Å². The maximum Gasteiger partial charge on any atom is 0.0731 e. The van der Waals surface area contributed by atoms with Crippen LogP contribution in [0.15, 0.2) is 255 Å². The van der Waals surface area contributed by atoms with Crippen molar-refractivity contribution in [2.75, 3.05) is 9.80 Å². The Bertz CT molecular complexity index is 4420. The summed E-state index contributed by atoms with van der Waals surface area (Å²) in [5.41, 5.74) is 27.5. The van der Waals surface area contributed by atoms with Gasteiger partial charge in [-0.2, -0.15) is 0 Å². The van der Waals surface area contributed by atoms with E-state index in [0.29, 0.717) is 0 Å². The Labute approximate surface area is 450 Å². The van der Waals surface area contributed by atoms with Crippen LogP contribution in [0.4, 0.5) is 34.1 Å². The van der Waals surface area contributed by atoms with E-state index in [1.54, 1.807) is 0 Å². The zero-order valence-corrected chi connectivity index (χ0v) is 43.6. The number of nitrogens with zero attached hydrogens (tertiary/aromatic N) is 2. The van der Waals surface area contributed by atoms with Crippen molar-refractivity contribution in [1.29, 1.82) is 0 Å². The summed E-state index contributed by atoms with van der Waals surface area (Å²) in [4.78, 5) is 4.88. The highest BCUT2D eigenvalue weighted by molar-refractivity contribution is 6.08. The summed E-state index contributed by atoms with van der Waals surface area (Å²) in [6.07, 6.45) is 0. The minimum absolute atomic E-state index is 0.0684. The lowest BCUT2D eigenvalue weighted by Crippen LogP contribution is -2.26. The van der Waals surface area contributed by atoms with Crippen LogP contribution in [0.2, 0.25) is 0 Å². The van der Waals surface area contributed by atoms with Crippen molar-refractivity contribution in [2.45, 2.75) is 43.9 Å². The van der Waals surface area contributed by atoms with E-state index in [4.69, 9.17) is 0 Å². The molecule has 0 saturated carbocycles. The second-order valence-corrected chi connectivity index (χ2v) is 22.8. The van der Waals surface area contributed by atoms with Gasteiger partial charge in [0.05, 0.1) is 5.41 Å². The number of para-hydroxylation sites is 2. The Hall–Kier alpha value is -9.24. The molecule has 0 unspecified atom stereocenters. The first-order chi connectivity index (χ1) is 37.7. The average Bonchev–Trinajstić information content (AvgIpc) is 4.31. The molecule has 0 aliphatic heterocycles. The third-order valence-corrected chi connectivity index (χ3v) is 18.2. The van der Waals surface area contributed by atoms with Gasteiger partial charge in [0.25, 0.3) is 0 Å². The van der Waals surface area contributed by atoms with Gasteiger partial charge in [-0.15, -0.1) is 0 Å². The van der Waals surface area contributed by atoms with Gasteiger partial charge in [0.1, 0.15) is 0 Å². The minimum atomic E-state index is -0.554. The Morgan fingerprint density at radius 3 is 1.16 bits per heavy atom. The Kier molecular flexibility index (Phi) is 9.10. The third-order valence-electron chi connectivity index (χ3n) is 18.2. The molecule has 12 aromatic carbocycles. The molecule has 0 amide bonds. The van der Waals surface area contributed by atoms with E-state index in [-0.39, 0.29) is 10.8 Å². The molecule has 0 aromatic heterocycles. The van der Waals surface area contributed by atoms with E-state index in [9.17, 15) is 0 Å². The molecule has 4 aliphatic rings. The van der Waals surface area contributed by atoms with Crippen molar-refractivity contribution in [1.82, 2.24) is 0 Å². The second-order valence-electron chi connectivity index (χ2n) is 22.8. The highest BCUT2D eigenvalue weighted by Gasteiger charge is 2.52. The lowest BCUT2D eigenvalue weighted by molar-refractivity contribution is 0.660. The van der Waals surface area contributed by atoms with E-state index in [2.05, 4.69) is 292 Å². The molecule has 2 nitrogen and oxygen atoms in total. The highest BCUT2D eigenvalue weighted by atomic mass is 15.1. The SMILES string of the molecule is CC1(C)c2ccccc2-c2cc(N(c3ccccc3)c3ccc4cc5c(cc4c3)C3(c4ccccc4-c4ccccc43)c3c-5ccc4cc(N(c5ccccc5)c5ccc6c(c5)-c5ccccc5C6(C)C)ccc34)ccc21. The summed E-state index contributed by atoms with van der Waals surface area (Å²) < 4.78 is 0. The summed E-state index contributed by atoms with van der Waals surface area (Å²) in [6, 6.07) is 96.4. The van der Waals surface area contributed by atoms with Gasteiger partial charge >= 0.3 is 0 Å². The topological polar surface area (TPSA) is 6.48 Å². The van der Waals surface area contributed by atoms with Crippen molar-refractivity contribution < 1.29 is 0 Å². The largest absolute Gasteiger partial charge is 0.310 e. The maximum absolute atomic E-state index is 2.54. The lowest BCUT2D eigenvalue weighted by atomic mass is 9.69. The van der Waals surface area contributed by atoms with Gasteiger partial charge in [-0.3, -0.25) is 0 Å². The first-order valence-electron chi connectivity index (χ1n) is 27.2. The third kappa shape index (κ3) is 6.01. The number of anilines is 6. The molecule has 1 spiro atoms. The molecule has 364 valence electrons. The molecule has 0 fully saturated rings. The van der Waals surface area contributed by atoms with Crippen LogP contribution >= 0.6 is 0 Å². The average molecular weight is 983 g/mol. The molecule has 4 aliphatic carbocycles. The van der Waals surface area contributed by atoms with Gasteiger partial charge in [0.2, 0.25) is 0 Å². The number of fused-ring (bicyclic) bond motifs is 19. The molecule has 16 rings (SSSR count). The molecule has 0 N–H and O–H groups in total. The summed E-state index contributed by atoms with van der Waals surface area (Å²) in [6.45, 7) is 9.43. The Morgan fingerprint density at radius 2 is 0.623 bits per heavy atom. The van der Waals surface area contributed by atoms with Crippen molar-refractivity contribution in [3.63, 3.8) is 0 Å². The predicted molar refractivity (Wildman–Crippen MR) is 322 cm³/mol. The molecule has 2 heteroatoms. The molecule has 77 heavy (non-hydrogen) atoms. The van der Waals surface area contributed by atoms with Crippen molar-refractivity contribution in [3.05, 3.63) is 299 Å². The fourth-order valence-corrected chi connectivity index (χ4v) is 14.7. The van der Waals surface area contributed by atoms with Gasteiger partial charge in [-0.25, -0.2) is 0 Å². The minimum Gasteiger partial charge on any atom is -0.310 e. The van der Waals surface area contributed by atoms with Gasteiger partial charge < -0.3 is 9.80 Å². The van der Waals surface area contributed by atoms with Crippen LogP contribution in [0.1, 0.15) is 72.2 Å². The fourth-order valence-electron chi connectivity index (χ4n) is 14.7. The molecule has 0 bridgehead atoms. The van der Waals surface area contributed by atoms with Crippen LogP contribution < -0.4 is 9.80 Å². The molecule has 0 heterocycles. The zero-order chi connectivity index (χ0) is 51.4. The Morgan fingerprint density at radius 1 is 0.234 bits per heavy atom. The molecule has 12 aromatic rings. The van der Waals surface area contributed by atoms with Crippen LogP contribution in [-0.2, 0) is 16.2 Å². The lowest BCUT2D eigenvalue weighted by Gasteiger charge is -2.32. The van der Waals surface area contributed by atoms with Crippen LogP contribution in [0.5, 0.6) is 0 Å². The van der Waals surface area contributed by atoms with E-state index < -0.39 is 5.41 Å². The van der Waals surface area contributed by atoms with E-state index >= 15 is 0 Å².